The Balaban J connectivity index is 2.59. The number of nitrogens with one attached hydrogen (secondary N) is 1. The van der Waals surface area contributed by atoms with E-state index in [0.717, 1.165) is 0 Å². The quantitative estimate of drug-likeness (QED) is 0.682. The van der Waals surface area contributed by atoms with E-state index in [2.05, 4.69) is 5.32 Å². The van der Waals surface area contributed by atoms with E-state index in [9.17, 15) is 9.59 Å². The zero-order valence-electron chi connectivity index (χ0n) is 11.3. The molecule has 2 unspecified atom stereocenters. The number of amides is 1. The highest BCUT2D eigenvalue weighted by Gasteiger charge is 2.31. The van der Waals surface area contributed by atoms with Gasteiger partial charge in [-0.2, -0.15) is 0 Å². The van der Waals surface area contributed by atoms with Gasteiger partial charge < -0.3 is 14.8 Å². The Morgan fingerprint density at radius 3 is 2.89 bits per heavy atom. The molecule has 0 aromatic rings. The van der Waals surface area contributed by atoms with Crippen molar-refractivity contribution in [3.05, 3.63) is 0 Å². The molecular weight excluding hydrogens is 236 g/mol. The number of ether oxygens (including phenoxy) is 2. The summed E-state index contributed by atoms with van der Waals surface area (Å²) in [6.45, 7) is 6.40. The van der Waals surface area contributed by atoms with Crippen LogP contribution in [0.2, 0.25) is 0 Å². The molecular formula is C12H22N2O4. The summed E-state index contributed by atoms with van der Waals surface area (Å²) in [5, 5.41) is 2.78. The summed E-state index contributed by atoms with van der Waals surface area (Å²) >= 11 is 0. The molecule has 104 valence electrons. The molecule has 0 saturated carbocycles. The Kier molecular flexibility index (Phi) is 6.07. The SMILES string of the molecule is CCNC(=O)C1COCCN1CC(C)C(=O)OC. The summed E-state index contributed by atoms with van der Waals surface area (Å²) in [4.78, 5) is 25.3. The van der Waals surface area contributed by atoms with Crippen molar-refractivity contribution in [2.75, 3.05) is 40.0 Å². The minimum atomic E-state index is -0.314. The van der Waals surface area contributed by atoms with Gasteiger partial charge in [-0.25, -0.2) is 0 Å². The van der Waals surface area contributed by atoms with Gasteiger partial charge in [0.05, 0.1) is 26.2 Å². The summed E-state index contributed by atoms with van der Waals surface area (Å²) in [5.74, 6) is -0.546. The Hall–Kier alpha value is -1.14. The number of morpholine rings is 1. The number of carbonyl (C=O) groups is 2. The van der Waals surface area contributed by atoms with Crippen LogP contribution in [0.15, 0.2) is 0 Å². The van der Waals surface area contributed by atoms with E-state index in [4.69, 9.17) is 9.47 Å². The monoisotopic (exact) mass is 258 g/mol. The lowest BCUT2D eigenvalue weighted by atomic mass is 10.1. The third kappa shape index (κ3) is 3.96. The van der Waals surface area contributed by atoms with Crippen molar-refractivity contribution in [3.8, 4) is 0 Å². The first kappa shape index (κ1) is 14.9. The summed E-state index contributed by atoms with van der Waals surface area (Å²) in [6.07, 6.45) is 0. The van der Waals surface area contributed by atoms with Crippen LogP contribution in [0, 0.1) is 5.92 Å². The van der Waals surface area contributed by atoms with Crippen molar-refractivity contribution in [1.29, 1.82) is 0 Å². The molecule has 0 radical (unpaired) electrons. The lowest BCUT2D eigenvalue weighted by Crippen LogP contribution is -2.55. The van der Waals surface area contributed by atoms with Crippen LogP contribution < -0.4 is 5.32 Å². The maximum atomic E-state index is 11.9. The summed E-state index contributed by atoms with van der Waals surface area (Å²) in [7, 11) is 1.37. The maximum absolute atomic E-state index is 11.9. The van der Waals surface area contributed by atoms with E-state index in [1.807, 2.05) is 11.8 Å². The molecule has 1 aliphatic heterocycles. The number of methoxy groups -OCH3 is 1. The summed E-state index contributed by atoms with van der Waals surface area (Å²) in [6, 6.07) is -0.314. The second-order valence-corrected chi connectivity index (χ2v) is 4.40. The first-order valence-corrected chi connectivity index (χ1v) is 6.27. The molecule has 6 nitrogen and oxygen atoms in total. The van der Waals surface area contributed by atoms with Crippen LogP contribution in [0.4, 0.5) is 0 Å². The van der Waals surface area contributed by atoms with Crippen LogP contribution in [0.1, 0.15) is 13.8 Å². The molecule has 18 heavy (non-hydrogen) atoms. The molecule has 1 heterocycles. The van der Waals surface area contributed by atoms with Gasteiger partial charge in [-0.3, -0.25) is 14.5 Å². The molecule has 0 aliphatic carbocycles. The molecule has 2 atom stereocenters. The van der Waals surface area contributed by atoms with Crippen LogP contribution in [0.3, 0.4) is 0 Å². The van der Waals surface area contributed by atoms with Gasteiger partial charge in [-0.15, -0.1) is 0 Å². The number of hydrogen-bond acceptors (Lipinski definition) is 5. The number of likely N-dealkylation sites (N-methyl/N-ethyl adjacent to an activating group) is 1. The lowest BCUT2D eigenvalue weighted by Gasteiger charge is -2.35. The average Bonchev–Trinajstić information content (AvgIpc) is 2.38. The summed E-state index contributed by atoms with van der Waals surface area (Å²) in [5.41, 5.74) is 0. The largest absolute Gasteiger partial charge is 0.469 e. The fourth-order valence-corrected chi connectivity index (χ4v) is 2.02. The topological polar surface area (TPSA) is 67.9 Å². The van der Waals surface area contributed by atoms with E-state index in [1.54, 1.807) is 6.92 Å². The molecule has 0 aromatic heterocycles. The zero-order chi connectivity index (χ0) is 13.5. The minimum absolute atomic E-state index is 0.0470. The van der Waals surface area contributed by atoms with Crippen molar-refractivity contribution in [2.24, 2.45) is 5.92 Å². The molecule has 1 rings (SSSR count). The second kappa shape index (κ2) is 7.33. The molecule has 0 aromatic carbocycles. The van der Waals surface area contributed by atoms with Crippen LogP contribution in [0.25, 0.3) is 0 Å². The van der Waals surface area contributed by atoms with Gasteiger partial charge >= 0.3 is 5.97 Å². The van der Waals surface area contributed by atoms with Crippen molar-refractivity contribution in [3.63, 3.8) is 0 Å². The number of carbonyl (C=O) groups excluding carboxylic acids is 2. The van der Waals surface area contributed by atoms with Crippen LogP contribution in [0.5, 0.6) is 0 Å². The van der Waals surface area contributed by atoms with Gasteiger partial charge in [0.15, 0.2) is 0 Å². The molecule has 1 fully saturated rings. The molecule has 0 spiro atoms. The smallest absolute Gasteiger partial charge is 0.309 e. The average molecular weight is 258 g/mol. The van der Waals surface area contributed by atoms with Gasteiger partial charge in [-0.1, -0.05) is 6.92 Å². The van der Waals surface area contributed by atoms with E-state index in [-0.39, 0.29) is 23.8 Å². The van der Waals surface area contributed by atoms with Gasteiger partial charge in [0.2, 0.25) is 5.91 Å². The first-order valence-electron chi connectivity index (χ1n) is 6.27. The number of esters is 1. The normalized spacial score (nSPS) is 22.3. The van der Waals surface area contributed by atoms with Crippen molar-refractivity contribution >= 4 is 11.9 Å². The third-order valence-corrected chi connectivity index (χ3v) is 3.00. The highest BCUT2D eigenvalue weighted by Crippen LogP contribution is 2.11. The Morgan fingerprint density at radius 2 is 2.28 bits per heavy atom. The van der Waals surface area contributed by atoms with E-state index < -0.39 is 0 Å². The van der Waals surface area contributed by atoms with E-state index >= 15 is 0 Å². The van der Waals surface area contributed by atoms with Crippen molar-refractivity contribution in [2.45, 2.75) is 19.9 Å². The maximum Gasteiger partial charge on any atom is 0.309 e. The highest BCUT2D eigenvalue weighted by atomic mass is 16.5. The van der Waals surface area contributed by atoms with Crippen LogP contribution in [-0.2, 0) is 19.1 Å². The number of nitrogens with zero attached hydrogens (tertiary/aromatic N) is 1. The second-order valence-electron chi connectivity index (χ2n) is 4.40. The Labute approximate surface area is 108 Å². The van der Waals surface area contributed by atoms with Crippen molar-refractivity contribution in [1.82, 2.24) is 10.2 Å². The predicted molar refractivity (Wildman–Crippen MR) is 66.0 cm³/mol. The van der Waals surface area contributed by atoms with Gasteiger partial charge in [-0.05, 0) is 6.92 Å². The van der Waals surface area contributed by atoms with E-state index in [0.29, 0.717) is 32.8 Å². The van der Waals surface area contributed by atoms with E-state index in [1.165, 1.54) is 7.11 Å². The molecule has 1 amide bonds. The minimum Gasteiger partial charge on any atom is -0.469 e. The molecule has 0 bridgehead atoms. The lowest BCUT2D eigenvalue weighted by molar-refractivity contribution is -0.148. The first-order chi connectivity index (χ1) is 8.60. The fraction of sp³-hybridized carbons (Fsp3) is 0.833. The zero-order valence-corrected chi connectivity index (χ0v) is 11.3. The fourth-order valence-electron chi connectivity index (χ4n) is 2.02. The third-order valence-electron chi connectivity index (χ3n) is 3.00. The Morgan fingerprint density at radius 1 is 1.56 bits per heavy atom. The van der Waals surface area contributed by atoms with Crippen LogP contribution >= 0.6 is 0 Å². The van der Waals surface area contributed by atoms with Gasteiger partial charge in [0, 0.05) is 19.6 Å². The van der Waals surface area contributed by atoms with Crippen LogP contribution in [-0.4, -0.2) is 62.8 Å². The molecule has 1 aliphatic rings. The van der Waals surface area contributed by atoms with Crippen molar-refractivity contribution < 1.29 is 19.1 Å². The number of hydrogen-bond donors (Lipinski definition) is 1. The molecule has 6 heteroatoms. The number of rotatable bonds is 5. The van der Waals surface area contributed by atoms with Gasteiger partial charge in [0.25, 0.3) is 0 Å². The molecule has 1 saturated heterocycles. The standard InChI is InChI=1S/C12H22N2O4/c1-4-13-11(15)10-8-18-6-5-14(10)7-9(2)12(16)17-3/h9-10H,4-8H2,1-3H3,(H,13,15). The molecule has 1 N–H and O–H groups in total. The van der Waals surface area contributed by atoms with Gasteiger partial charge in [0.1, 0.15) is 6.04 Å². The highest BCUT2D eigenvalue weighted by molar-refractivity contribution is 5.82. The summed E-state index contributed by atoms with van der Waals surface area (Å²) < 4.78 is 10.0. The predicted octanol–water partition coefficient (Wildman–Crippen LogP) is -0.368. The Bertz CT molecular complexity index is 296.